The van der Waals surface area contributed by atoms with E-state index in [0.717, 1.165) is 19.3 Å². The third kappa shape index (κ3) is 5.27. The molecular formula is C18H27N3O4S. The maximum Gasteiger partial charge on any atom is 0.272 e. The van der Waals surface area contributed by atoms with Crippen LogP contribution >= 0.6 is 0 Å². The van der Waals surface area contributed by atoms with Crippen LogP contribution in [0.5, 0.6) is 0 Å². The Morgan fingerprint density at radius 3 is 2.69 bits per heavy atom. The molecule has 2 heterocycles. The van der Waals surface area contributed by atoms with Crippen molar-refractivity contribution in [3.05, 3.63) is 29.6 Å². The minimum absolute atomic E-state index is 0.00974. The Labute approximate surface area is 155 Å². The molecule has 1 fully saturated rings. The zero-order chi connectivity index (χ0) is 19.2. The number of pyridine rings is 1. The summed E-state index contributed by atoms with van der Waals surface area (Å²) in [6.07, 6.45) is 4.93. The van der Waals surface area contributed by atoms with E-state index in [1.807, 2.05) is 6.92 Å². The third-order valence-corrected chi connectivity index (χ3v) is 6.31. The Balaban J connectivity index is 2.07. The van der Waals surface area contributed by atoms with Gasteiger partial charge in [0.2, 0.25) is 0 Å². The molecule has 0 spiro atoms. The van der Waals surface area contributed by atoms with Crippen molar-refractivity contribution in [3.63, 3.8) is 0 Å². The average molecular weight is 381 g/mol. The Kier molecular flexibility index (Phi) is 7.14. The minimum atomic E-state index is -3.08. The summed E-state index contributed by atoms with van der Waals surface area (Å²) in [5, 5.41) is 2.84. The number of hydrogen-bond acceptors (Lipinski definition) is 5. The molecule has 8 heteroatoms. The first-order valence-corrected chi connectivity index (χ1v) is 11.0. The summed E-state index contributed by atoms with van der Waals surface area (Å²) < 4.78 is 23.4. The van der Waals surface area contributed by atoms with Crippen LogP contribution in [0, 0.1) is 0 Å². The number of sulfone groups is 1. The maximum absolute atomic E-state index is 12.8. The normalized spacial score (nSPS) is 18.5. The molecule has 1 aromatic rings. The van der Waals surface area contributed by atoms with Gasteiger partial charge in [-0.2, -0.15) is 0 Å². The zero-order valence-corrected chi connectivity index (χ0v) is 16.2. The molecule has 0 saturated carbocycles. The topological polar surface area (TPSA) is 96.4 Å². The van der Waals surface area contributed by atoms with Crippen LogP contribution < -0.4 is 5.32 Å². The first-order valence-electron chi connectivity index (χ1n) is 9.13. The number of aromatic nitrogens is 1. The van der Waals surface area contributed by atoms with E-state index in [-0.39, 0.29) is 35.1 Å². The average Bonchev–Trinajstić information content (AvgIpc) is 2.98. The maximum atomic E-state index is 12.8. The second kappa shape index (κ2) is 9.12. The predicted octanol–water partition coefficient (Wildman–Crippen LogP) is 1.65. The van der Waals surface area contributed by atoms with Crippen molar-refractivity contribution < 1.29 is 18.0 Å². The van der Waals surface area contributed by atoms with Crippen LogP contribution in [0.25, 0.3) is 0 Å². The van der Waals surface area contributed by atoms with Gasteiger partial charge in [-0.25, -0.2) is 8.42 Å². The van der Waals surface area contributed by atoms with Crippen molar-refractivity contribution in [3.8, 4) is 0 Å². The number of carbonyl (C=O) groups is 2. The molecule has 1 unspecified atom stereocenters. The molecule has 1 aliphatic heterocycles. The molecule has 1 atom stereocenters. The van der Waals surface area contributed by atoms with E-state index in [1.54, 1.807) is 6.07 Å². The van der Waals surface area contributed by atoms with Gasteiger partial charge in [0.15, 0.2) is 9.84 Å². The van der Waals surface area contributed by atoms with E-state index in [2.05, 4.69) is 17.2 Å². The SMILES string of the molecule is CCCCCNC(=O)c1ccnc(C(=O)N(CC)C2CCS(=O)(=O)C2)c1. The van der Waals surface area contributed by atoms with Gasteiger partial charge in [0.1, 0.15) is 5.69 Å². The highest BCUT2D eigenvalue weighted by molar-refractivity contribution is 7.91. The molecule has 2 rings (SSSR count). The highest BCUT2D eigenvalue weighted by Crippen LogP contribution is 2.19. The highest BCUT2D eigenvalue weighted by atomic mass is 32.2. The Morgan fingerprint density at radius 1 is 1.31 bits per heavy atom. The molecule has 1 saturated heterocycles. The van der Waals surface area contributed by atoms with Gasteiger partial charge >= 0.3 is 0 Å². The fourth-order valence-corrected chi connectivity index (χ4v) is 4.83. The first kappa shape index (κ1) is 20.4. The second-order valence-corrected chi connectivity index (χ2v) is 8.77. The second-order valence-electron chi connectivity index (χ2n) is 6.54. The van der Waals surface area contributed by atoms with Crippen molar-refractivity contribution in [1.29, 1.82) is 0 Å². The standard InChI is InChI=1S/C18H27N3O4S/c1-3-5-6-9-20-17(22)14-7-10-19-16(12-14)18(23)21(4-2)15-8-11-26(24,25)13-15/h7,10,12,15H,3-6,8-9,11,13H2,1-2H3,(H,20,22). The summed E-state index contributed by atoms with van der Waals surface area (Å²) in [5.41, 5.74) is 0.548. The van der Waals surface area contributed by atoms with Gasteiger partial charge in [0.25, 0.3) is 11.8 Å². The molecular weight excluding hydrogens is 354 g/mol. The lowest BCUT2D eigenvalue weighted by atomic mass is 10.1. The molecule has 0 bridgehead atoms. The number of rotatable bonds is 8. The van der Waals surface area contributed by atoms with Gasteiger partial charge in [-0.15, -0.1) is 0 Å². The Hall–Kier alpha value is -1.96. The summed E-state index contributed by atoms with van der Waals surface area (Å²) in [4.78, 5) is 30.6. The van der Waals surface area contributed by atoms with Crippen LogP contribution in [0.2, 0.25) is 0 Å². The molecule has 7 nitrogen and oxygen atoms in total. The fraction of sp³-hybridized carbons (Fsp3) is 0.611. The Morgan fingerprint density at radius 2 is 2.08 bits per heavy atom. The van der Waals surface area contributed by atoms with Crippen molar-refractivity contribution in [2.24, 2.45) is 0 Å². The van der Waals surface area contributed by atoms with E-state index in [9.17, 15) is 18.0 Å². The summed E-state index contributed by atoms with van der Waals surface area (Å²) in [7, 11) is -3.08. The monoisotopic (exact) mass is 381 g/mol. The van der Waals surface area contributed by atoms with Crippen LogP contribution in [0.15, 0.2) is 18.3 Å². The highest BCUT2D eigenvalue weighted by Gasteiger charge is 2.34. The van der Waals surface area contributed by atoms with Crippen LogP contribution in [0.1, 0.15) is 60.4 Å². The first-order chi connectivity index (χ1) is 12.4. The van der Waals surface area contributed by atoms with Gasteiger partial charge in [-0.1, -0.05) is 19.8 Å². The lowest BCUT2D eigenvalue weighted by Gasteiger charge is -2.26. The van der Waals surface area contributed by atoms with E-state index >= 15 is 0 Å². The lowest BCUT2D eigenvalue weighted by molar-refractivity contribution is 0.0702. The fourth-order valence-electron chi connectivity index (χ4n) is 3.10. The smallest absolute Gasteiger partial charge is 0.272 e. The number of hydrogen-bond donors (Lipinski definition) is 1. The molecule has 1 aromatic heterocycles. The molecule has 0 radical (unpaired) electrons. The van der Waals surface area contributed by atoms with E-state index in [4.69, 9.17) is 0 Å². The predicted molar refractivity (Wildman–Crippen MR) is 99.9 cm³/mol. The third-order valence-electron chi connectivity index (χ3n) is 4.56. The summed E-state index contributed by atoms with van der Waals surface area (Å²) in [5.74, 6) is -0.474. The molecule has 26 heavy (non-hydrogen) atoms. The van der Waals surface area contributed by atoms with Gasteiger partial charge in [0, 0.05) is 30.9 Å². The van der Waals surface area contributed by atoms with Gasteiger partial charge in [-0.05, 0) is 31.9 Å². The van der Waals surface area contributed by atoms with Crippen LogP contribution in [-0.2, 0) is 9.84 Å². The number of carbonyl (C=O) groups excluding carboxylic acids is 2. The van der Waals surface area contributed by atoms with E-state index in [0.29, 0.717) is 25.1 Å². The van der Waals surface area contributed by atoms with Crippen molar-refractivity contribution in [1.82, 2.24) is 15.2 Å². The number of nitrogens with zero attached hydrogens (tertiary/aromatic N) is 2. The van der Waals surface area contributed by atoms with E-state index < -0.39 is 9.84 Å². The van der Waals surface area contributed by atoms with Gasteiger partial charge < -0.3 is 10.2 Å². The van der Waals surface area contributed by atoms with Crippen LogP contribution in [0.4, 0.5) is 0 Å². The van der Waals surface area contributed by atoms with Crippen molar-refractivity contribution >= 4 is 21.7 Å². The largest absolute Gasteiger partial charge is 0.352 e. The van der Waals surface area contributed by atoms with E-state index in [1.165, 1.54) is 17.2 Å². The van der Waals surface area contributed by atoms with Crippen molar-refractivity contribution in [2.45, 2.75) is 45.6 Å². The van der Waals surface area contributed by atoms with Gasteiger partial charge in [0.05, 0.1) is 11.5 Å². The molecule has 2 amide bonds. The number of amides is 2. The summed E-state index contributed by atoms with van der Waals surface area (Å²) in [6.45, 7) is 4.90. The van der Waals surface area contributed by atoms with Crippen LogP contribution in [-0.4, -0.2) is 60.8 Å². The van der Waals surface area contributed by atoms with Crippen LogP contribution in [0.3, 0.4) is 0 Å². The summed E-state index contributed by atoms with van der Waals surface area (Å²) >= 11 is 0. The number of nitrogens with one attached hydrogen (secondary N) is 1. The molecule has 1 aliphatic rings. The minimum Gasteiger partial charge on any atom is -0.352 e. The number of unbranched alkanes of at least 4 members (excludes halogenated alkanes) is 2. The zero-order valence-electron chi connectivity index (χ0n) is 15.4. The quantitative estimate of drug-likeness (QED) is 0.691. The molecule has 1 N–H and O–H groups in total. The molecule has 0 aliphatic carbocycles. The lowest BCUT2D eigenvalue weighted by Crippen LogP contribution is -2.41. The summed E-state index contributed by atoms with van der Waals surface area (Å²) in [6, 6.07) is 2.72. The van der Waals surface area contributed by atoms with Gasteiger partial charge in [-0.3, -0.25) is 14.6 Å². The molecule has 0 aromatic carbocycles. The van der Waals surface area contributed by atoms with Crippen molar-refractivity contribution in [2.75, 3.05) is 24.6 Å². The molecule has 144 valence electrons. The Bertz CT molecular complexity index is 749.